The molecule has 1 fully saturated rings. The Kier molecular flexibility index (Phi) is 7.17. The first-order chi connectivity index (χ1) is 18.3. The first-order valence-corrected chi connectivity index (χ1v) is 12.6. The molecule has 0 radical (unpaired) electrons. The molecule has 0 bridgehead atoms. The molecular formula is C29H31N7O2. The maximum Gasteiger partial charge on any atom is 0.410 e. The predicted molar refractivity (Wildman–Crippen MR) is 148 cm³/mol. The zero-order valence-corrected chi connectivity index (χ0v) is 21.8. The number of amides is 1. The summed E-state index contributed by atoms with van der Waals surface area (Å²) in [4.78, 5) is 34.4. The fraction of sp³-hybridized carbons (Fsp3) is 0.276. The van der Waals surface area contributed by atoms with E-state index in [2.05, 4.69) is 43.4 Å². The van der Waals surface area contributed by atoms with Gasteiger partial charge in [0.15, 0.2) is 0 Å². The van der Waals surface area contributed by atoms with Crippen molar-refractivity contribution >= 4 is 23.5 Å². The van der Waals surface area contributed by atoms with E-state index in [0.29, 0.717) is 37.8 Å². The number of hydrogen-bond donors (Lipinski definition) is 1. The Labute approximate surface area is 222 Å². The van der Waals surface area contributed by atoms with Gasteiger partial charge >= 0.3 is 6.09 Å². The van der Waals surface area contributed by atoms with E-state index in [0.717, 1.165) is 28.2 Å². The summed E-state index contributed by atoms with van der Waals surface area (Å²) in [7, 11) is 0. The van der Waals surface area contributed by atoms with Gasteiger partial charge in [0.1, 0.15) is 23.1 Å². The Morgan fingerprint density at radius 1 is 0.842 bits per heavy atom. The van der Waals surface area contributed by atoms with E-state index in [1.165, 1.54) is 0 Å². The van der Waals surface area contributed by atoms with Gasteiger partial charge in [0.2, 0.25) is 0 Å². The van der Waals surface area contributed by atoms with Crippen LogP contribution in [0.5, 0.6) is 0 Å². The fourth-order valence-corrected chi connectivity index (χ4v) is 4.23. The number of hydrogen-bond acceptors (Lipinski definition) is 8. The van der Waals surface area contributed by atoms with Crippen LogP contribution in [0.3, 0.4) is 0 Å². The van der Waals surface area contributed by atoms with Crippen LogP contribution < -0.4 is 10.2 Å². The van der Waals surface area contributed by atoms with Crippen LogP contribution in [0.25, 0.3) is 22.4 Å². The smallest absolute Gasteiger partial charge is 0.410 e. The Bertz CT molecular complexity index is 1380. The molecule has 4 heterocycles. The van der Waals surface area contributed by atoms with Crippen molar-refractivity contribution in [2.45, 2.75) is 26.4 Å². The normalized spacial score (nSPS) is 13.8. The number of carbonyl (C=O) groups is 1. The highest BCUT2D eigenvalue weighted by Crippen LogP contribution is 2.30. The highest BCUT2D eigenvalue weighted by molar-refractivity contribution is 5.76. The van der Waals surface area contributed by atoms with Gasteiger partial charge < -0.3 is 19.9 Å². The van der Waals surface area contributed by atoms with Crippen LogP contribution >= 0.6 is 0 Å². The number of benzene rings is 1. The van der Waals surface area contributed by atoms with E-state index >= 15 is 0 Å². The lowest BCUT2D eigenvalue weighted by atomic mass is 10.0. The molecule has 0 atom stereocenters. The Hall–Kier alpha value is -4.53. The molecule has 3 aromatic heterocycles. The van der Waals surface area contributed by atoms with Crippen LogP contribution in [-0.2, 0) is 4.74 Å². The summed E-state index contributed by atoms with van der Waals surface area (Å²) in [6, 6.07) is 18.3. The van der Waals surface area contributed by atoms with E-state index in [9.17, 15) is 4.79 Å². The quantitative estimate of drug-likeness (QED) is 0.382. The molecule has 4 aromatic rings. The molecule has 0 spiro atoms. The molecule has 1 N–H and O–H groups in total. The van der Waals surface area contributed by atoms with Gasteiger partial charge in [0, 0.05) is 50.3 Å². The molecule has 9 heteroatoms. The van der Waals surface area contributed by atoms with Gasteiger partial charge in [-0.1, -0.05) is 30.3 Å². The number of piperazine rings is 1. The molecule has 1 aromatic carbocycles. The number of aromatic nitrogens is 4. The zero-order valence-electron chi connectivity index (χ0n) is 21.8. The lowest BCUT2D eigenvalue weighted by Gasteiger charge is -2.36. The maximum absolute atomic E-state index is 12.5. The first kappa shape index (κ1) is 25.1. The Morgan fingerprint density at radius 3 is 2.34 bits per heavy atom. The van der Waals surface area contributed by atoms with Crippen LogP contribution in [0.15, 0.2) is 79.4 Å². The summed E-state index contributed by atoms with van der Waals surface area (Å²) in [5.41, 5.74) is 3.38. The SMILES string of the molecule is CC(C)(C)OC(=O)N1CCN(c2cc(-c3cc(-c4ccccc4)cc(Nc4cnccn4)n3)ccn2)CC1. The van der Waals surface area contributed by atoms with Crippen molar-refractivity contribution in [3.8, 4) is 22.4 Å². The average Bonchev–Trinajstić information content (AvgIpc) is 2.93. The lowest BCUT2D eigenvalue weighted by molar-refractivity contribution is 0.0240. The summed E-state index contributed by atoms with van der Waals surface area (Å²) in [6.07, 6.45) is 6.47. The molecule has 1 saturated heterocycles. The number of pyridine rings is 2. The second-order valence-corrected chi connectivity index (χ2v) is 10.1. The maximum atomic E-state index is 12.5. The summed E-state index contributed by atoms with van der Waals surface area (Å²) >= 11 is 0. The lowest BCUT2D eigenvalue weighted by Crippen LogP contribution is -2.50. The van der Waals surface area contributed by atoms with Gasteiger partial charge in [-0.3, -0.25) is 4.98 Å². The monoisotopic (exact) mass is 509 g/mol. The summed E-state index contributed by atoms with van der Waals surface area (Å²) in [5.74, 6) is 2.14. The van der Waals surface area contributed by atoms with E-state index in [1.54, 1.807) is 29.7 Å². The molecule has 1 aliphatic rings. The minimum atomic E-state index is -0.508. The minimum Gasteiger partial charge on any atom is -0.444 e. The van der Waals surface area contributed by atoms with Crippen LogP contribution in [0.4, 0.5) is 22.2 Å². The van der Waals surface area contributed by atoms with Crippen LogP contribution in [-0.4, -0.2) is 62.7 Å². The average molecular weight is 510 g/mol. The third kappa shape index (κ3) is 6.23. The second-order valence-electron chi connectivity index (χ2n) is 10.1. The molecule has 38 heavy (non-hydrogen) atoms. The van der Waals surface area contributed by atoms with Crippen molar-refractivity contribution in [1.82, 2.24) is 24.8 Å². The fourth-order valence-electron chi connectivity index (χ4n) is 4.23. The Morgan fingerprint density at radius 2 is 1.63 bits per heavy atom. The molecule has 5 rings (SSSR count). The summed E-state index contributed by atoms with van der Waals surface area (Å²) in [5, 5.41) is 3.27. The highest BCUT2D eigenvalue weighted by atomic mass is 16.6. The summed E-state index contributed by atoms with van der Waals surface area (Å²) in [6.45, 7) is 8.14. The second kappa shape index (κ2) is 10.8. The minimum absolute atomic E-state index is 0.274. The van der Waals surface area contributed by atoms with E-state index < -0.39 is 5.60 Å². The molecular weight excluding hydrogens is 478 g/mol. The van der Waals surface area contributed by atoms with Gasteiger partial charge in [-0.25, -0.2) is 19.7 Å². The van der Waals surface area contributed by atoms with Crippen LogP contribution in [0, 0.1) is 0 Å². The molecule has 0 aliphatic carbocycles. The number of anilines is 3. The van der Waals surface area contributed by atoms with Crippen molar-refractivity contribution in [1.29, 1.82) is 0 Å². The number of rotatable bonds is 5. The van der Waals surface area contributed by atoms with Crippen molar-refractivity contribution in [2.24, 2.45) is 0 Å². The van der Waals surface area contributed by atoms with Gasteiger partial charge in [0.25, 0.3) is 0 Å². The largest absolute Gasteiger partial charge is 0.444 e. The van der Waals surface area contributed by atoms with Gasteiger partial charge in [0.05, 0.1) is 11.9 Å². The zero-order chi connectivity index (χ0) is 26.5. The van der Waals surface area contributed by atoms with Crippen LogP contribution in [0.2, 0.25) is 0 Å². The number of nitrogens with zero attached hydrogens (tertiary/aromatic N) is 6. The summed E-state index contributed by atoms with van der Waals surface area (Å²) < 4.78 is 5.53. The topological polar surface area (TPSA) is 96.4 Å². The predicted octanol–water partition coefficient (Wildman–Crippen LogP) is 5.40. The van der Waals surface area contributed by atoms with Gasteiger partial charge in [-0.15, -0.1) is 0 Å². The van der Waals surface area contributed by atoms with Gasteiger partial charge in [-0.05, 0) is 56.2 Å². The van der Waals surface area contributed by atoms with E-state index in [1.807, 2.05) is 57.2 Å². The third-order valence-corrected chi connectivity index (χ3v) is 6.05. The molecule has 1 amide bonds. The molecule has 0 unspecified atom stereocenters. The highest BCUT2D eigenvalue weighted by Gasteiger charge is 2.26. The standard InChI is InChI=1S/C29H31N7O2/c1-29(2,3)38-28(37)36-15-13-35(14-16-36)27-19-22(9-10-32-27)24-17-23(21-7-5-4-6-8-21)18-25(33-24)34-26-20-30-11-12-31-26/h4-12,17-20H,13-16H2,1-3H3,(H,31,33,34). The molecule has 194 valence electrons. The third-order valence-electron chi connectivity index (χ3n) is 6.05. The number of nitrogens with one attached hydrogen (secondary N) is 1. The first-order valence-electron chi connectivity index (χ1n) is 12.6. The van der Waals surface area contributed by atoms with Crippen molar-refractivity contribution in [2.75, 3.05) is 36.4 Å². The van der Waals surface area contributed by atoms with E-state index in [4.69, 9.17) is 9.72 Å². The Balaban J connectivity index is 1.39. The molecule has 1 aliphatic heterocycles. The van der Waals surface area contributed by atoms with Crippen molar-refractivity contribution in [3.63, 3.8) is 0 Å². The van der Waals surface area contributed by atoms with Gasteiger partial charge in [-0.2, -0.15) is 0 Å². The number of ether oxygens (including phenoxy) is 1. The van der Waals surface area contributed by atoms with Crippen LogP contribution in [0.1, 0.15) is 20.8 Å². The van der Waals surface area contributed by atoms with Crippen molar-refractivity contribution < 1.29 is 9.53 Å². The number of carbonyl (C=O) groups excluding carboxylic acids is 1. The van der Waals surface area contributed by atoms with Crippen molar-refractivity contribution in [3.05, 3.63) is 79.4 Å². The molecule has 0 saturated carbocycles. The molecule has 9 nitrogen and oxygen atoms in total. The van der Waals surface area contributed by atoms with E-state index in [-0.39, 0.29) is 6.09 Å².